The highest BCUT2D eigenvalue weighted by Crippen LogP contribution is 2.32. The van der Waals surface area contributed by atoms with E-state index >= 15 is 0 Å². The Morgan fingerprint density at radius 1 is 0.812 bits per heavy atom. The topological polar surface area (TPSA) is 93.1 Å². The molecular weight excluding hydrogens is 629 g/mol. The van der Waals surface area contributed by atoms with Crippen LogP contribution in [0.2, 0.25) is 0 Å². The molecule has 5 aromatic carbocycles. The van der Waals surface area contributed by atoms with E-state index in [2.05, 4.69) is 4.90 Å². The van der Waals surface area contributed by atoms with Crippen molar-refractivity contribution in [3.63, 3.8) is 0 Å². The van der Waals surface area contributed by atoms with Gasteiger partial charge in [-0.2, -0.15) is 0 Å². The monoisotopic (exact) mass is 667 g/mol. The third kappa shape index (κ3) is 8.74. The van der Waals surface area contributed by atoms with Crippen molar-refractivity contribution in [1.82, 2.24) is 4.90 Å². The molecule has 0 aliphatic heterocycles. The Labute approximate surface area is 281 Å². The summed E-state index contributed by atoms with van der Waals surface area (Å²) < 4.78 is 52.2. The number of methoxy groups -OCH3 is 1. The minimum atomic E-state index is -3.99. The van der Waals surface area contributed by atoms with Gasteiger partial charge in [-0.3, -0.25) is 4.90 Å². The summed E-state index contributed by atoms with van der Waals surface area (Å²) in [4.78, 5) is 14.9. The number of aryl methyl sites for hydroxylation is 1. The first kappa shape index (κ1) is 34.5. The smallest absolute Gasteiger partial charge is 0.341 e. The summed E-state index contributed by atoms with van der Waals surface area (Å²) in [5.41, 5.74) is 3.90. The maximum Gasteiger partial charge on any atom is 0.341 e. The molecule has 0 amide bonds. The first-order chi connectivity index (χ1) is 23.1. The summed E-state index contributed by atoms with van der Waals surface area (Å²) in [7, 11) is -2.75. The highest BCUT2D eigenvalue weighted by Gasteiger charge is 2.25. The molecular formula is C39H38FNO6S. The molecule has 0 radical (unpaired) electrons. The number of hydrogen-bond donors (Lipinski definition) is 1. The summed E-state index contributed by atoms with van der Waals surface area (Å²) in [6.07, 6.45) is -0.298. The molecule has 1 atom stereocenters. The number of halogens is 1. The fourth-order valence-corrected chi connectivity index (χ4v) is 6.85. The number of esters is 1. The molecule has 48 heavy (non-hydrogen) atoms. The molecule has 0 saturated heterocycles. The molecule has 248 valence electrons. The fraction of sp³-hybridized carbons (Fsp3) is 0.205. The van der Waals surface area contributed by atoms with Gasteiger partial charge in [0, 0.05) is 19.6 Å². The third-order valence-electron chi connectivity index (χ3n) is 8.05. The zero-order valence-corrected chi connectivity index (χ0v) is 27.7. The van der Waals surface area contributed by atoms with Crippen molar-refractivity contribution in [1.29, 1.82) is 0 Å². The van der Waals surface area contributed by atoms with Crippen molar-refractivity contribution in [3.8, 4) is 5.75 Å². The summed E-state index contributed by atoms with van der Waals surface area (Å²) in [6, 6.07) is 34.7. The lowest BCUT2D eigenvalue weighted by molar-refractivity contribution is 0.0595. The minimum Gasteiger partial charge on any atom is -0.488 e. The van der Waals surface area contributed by atoms with Crippen molar-refractivity contribution in [2.75, 3.05) is 20.2 Å². The normalized spacial score (nSPS) is 12.1. The molecule has 0 fully saturated rings. The number of aliphatic hydroxyl groups is 1. The molecule has 7 nitrogen and oxygen atoms in total. The average molecular weight is 668 g/mol. The number of rotatable bonds is 14. The number of ether oxygens (including phenoxy) is 2. The van der Waals surface area contributed by atoms with Crippen molar-refractivity contribution in [2.45, 2.75) is 42.4 Å². The van der Waals surface area contributed by atoms with Crippen molar-refractivity contribution < 1.29 is 32.2 Å². The molecule has 0 heterocycles. The lowest BCUT2D eigenvalue weighted by Gasteiger charge is -2.25. The average Bonchev–Trinajstić information content (AvgIpc) is 3.10. The molecule has 0 bridgehead atoms. The number of benzene rings is 5. The number of sulfone groups is 1. The van der Waals surface area contributed by atoms with Crippen LogP contribution in [0.4, 0.5) is 4.39 Å². The third-order valence-corrected chi connectivity index (χ3v) is 9.80. The van der Waals surface area contributed by atoms with Crippen LogP contribution in [-0.4, -0.2) is 44.6 Å². The fourth-order valence-electron chi connectivity index (χ4n) is 5.48. The van der Waals surface area contributed by atoms with Gasteiger partial charge in [-0.25, -0.2) is 17.6 Å². The van der Waals surface area contributed by atoms with Crippen molar-refractivity contribution >= 4 is 15.8 Å². The van der Waals surface area contributed by atoms with E-state index in [0.717, 1.165) is 16.7 Å². The maximum absolute atomic E-state index is 13.8. The Morgan fingerprint density at radius 2 is 1.48 bits per heavy atom. The summed E-state index contributed by atoms with van der Waals surface area (Å²) >= 11 is 0. The van der Waals surface area contributed by atoms with Gasteiger partial charge in [-0.1, -0.05) is 84.9 Å². The van der Waals surface area contributed by atoms with Gasteiger partial charge in [-0.05, 0) is 77.6 Å². The second-order valence-corrected chi connectivity index (χ2v) is 13.5. The van der Waals surface area contributed by atoms with Crippen LogP contribution in [0.25, 0.3) is 0 Å². The van der Waals surface area contributed by atoms with Crippen molar-refractivity contribution in [3.05, 3.63) is 161 Å². The van der Waals surface area contributed by atoms with Crippen LogP contribution < -0.4 is 4.74 Å². The zero-order valence-electron chi connectivity index (χ0n) is 26.9. The zero-order chi connectivity index (χ0) is 34.1. The number of carbonyl (C=O) groups excluding carboxylic acids is 1. The molecule has 1 N–H and O–H groups in total. The van der Waals surface area contributed by atoms with E-state index in [1.54, 1.807) is 43.3 Å². The van der Waals surface area contributed by atoms with Crippen LogP contribution in [0.15, 0.2) is 131 Å². The predicted octanol–water partition coefficient (Wildman–Crippen LogP) is 7.11. The van der Waals surface area contributed by atoms with Gasteiger partial charge in [0.25, 0.3) is 0 Å². The quantitative estimate of drug-likeness (QED) is 0.126. The highest BCUT2D eigenvalue weighted by molar-refractivity contribution is 7.91. The number of nitrogens with zero attached hydrogens (tertiary/aromatic N) is 1. The molecule has 0 aromatic heterocycles. The van der Waals surface area contributed by atoms with Crippen LogP contribution in [0, 0.1) is 12.7 Å². The number of carbonyl (C=O) groups is 1. The Kier molecular flexibility index (Phi) is 11.4. The predicted molar refractivity (Wildman–Crippen MR) is 182 cm³/mol. The summed E-state index contributed by atoms with van der Waals surface area (Å²) in [6.45, 7) is 3.33. The van der Waals surface area contributed by atoms with E-state index in [9.17, 15) is 22.7 Å². The SMILES string of the molecule is COC(=O)c1cc(S(=O)(=O)c2ccc(CCN(Cc3ccccc3)C[C@@H](O)c3cccc(F)c3)cc2)cc(C)c1OCc1ccccc1. The van der Waals surface area contributed by atoms with Crippen molar-refractivity contribution in [2.24, 2.45) is 0 Å². The largest absolute Gasteiger partial charge is 0.488 e. The Balaban J connectivity index is 1.32. The second-order valence-electron chi connectivity index (χ2n) is 11.6. The Hall–Kier alpha value is -4.83. The van der Waals surface area contributed by atoms with Gasteiger partial charge in [0.1, 0.15) is 23.7 Å². The van der Waals surface area contributed by atoms with E-state index < -0.39 is 27.7 Å². The lowest BCUT2D eigenvalue weighted by Crippen LogP contribution is -2.30. The van der Waals surface area contributed by atoms with E-state index in [1.165, 1.54) is 31.4 Å². The van der Waals surface area contributed by atoms with Gasteiger partial charge in [0.2, 0.25) is 9.84 Å². The standard InChI is InChI=1S/C39H38FNO6S/c1-28-22-35(24-36(39(43)46-2)38(28)47-27-31-12-7-4-8-13-31)48(44,45)34-18-16-29(17-19-34)20-21-41(25-30-10-5-3-6-11-30)26-37(42)32-14-9-15-33(40)23-32/h3-19,22-24,37,42H,20-21,25-27H2,1-2H3/t37-/m1/s1. The van der Waals surface area contributed by atoms with E-state index in [4.69, 9.17) is 9.47 Å². The van der Waals surface area contributed by atoms with Gasteiger partial charge < -0.3 is 14.6 Å². The first-order valence-electron chi connectivity index (χ1n) is 15.6. The molecule has 0 aliphatic carbocycles. The molecule has 0 spiro atoms. The van der Waals surface area contributed by atoms with Gasteiger partial charge in [0.05, 0.1) is 23.0 Å². The maximum atomic E-state index is 13.8. The molecule has 0 unspecified atom stereocenters. The molecule has 0 aliphatic rings. The van der Waals surface area contributed by atoms with E-state index in [0.29, 0.717) is 30.6 Å². The van der Waals surface area contributed by atoms with Gasteiger partial charge >= 0.3 is 5.97 Å². The van der Waals surface area contributed by atoms with Crippen LogP contribution in [0.5, 0.6) is 5.75 Å². The molecule has 5 rings (SSSR count). The van der Waals surface area contributed by atoms with Crippen LogP contribution >= 0.6 is 0 Å². The lowest BCUT2D eigenvalue weighted by atomic mass is 10.1. The van der Waals surface area contributed by atoms with Crippen LogP contribution in [0.1, 0.15) is 44.3 Å². The minimum absolute atomic E-state index is 0.0302. The molecule has 0 saturated carbocycles. The highest BCUT2D eigenvalue weighted by atomic mass is 32.2. The molecule has 9 heteroatoms. The Morgan fingerprint density at radius 3 is 2.12 bits per heavy atom. The van der Waals surface area contributed by atoms with E-state index in [-0.39, 0.29) is 34.3 Å². The van der Waals surface area contributed by atoms with Crippen LogP contribution in [-0.2, 0) is 34.1 Å². The van der Waals surface area contributed by atoms with Crippen LogP contribution in [0.3, 0.4) is 0 Å². The summed E-state index contributed by atoms with van der Waals surface area (Å²) in [5.74, 6) is -0.834. The van der Waals surface area contributed by atoms with E-state index in [1.807, 2.05) is 60.7 Å². The van der Waals surface area contributed by atoms with Gasteiger partial charge in [0.15, 0.2) is 0 Å². The number of hydrogen-bond acceptors (Lipinski definition) is 7. The Bertz CT molecular complexity index is 1930. The molecule has 5 aromatic rings. The van der Waals surface area contributed by atoms with Gasteiger partial charge in [-0.15, -0.1) is 0 Å². The first-order valence-corrected chi connectivity index (χ1v) is 17.1. The second kappa shape index (κ2) is 15.8. The number of aliphatic hydroxyl groups excluding tert-OH is 1. The summed E-state index contributed by atoms with van der Waals surface area (Å²) in [5, 5.41) is 10.9.